The zero-order valence-corrected chi connectivity index (χ0v) is 8.44. The van der Waals surface area contributed by atoms with Gasteiger partial charge in [-0.3, -0.25) is 4.79 Å². The zero-order valence-electron chi connectivity index (χ0n) is 6.28. The van der Waals surface area contributed by atoms with E-state index in [0.717, 1.165) is 16.5 Å². The predicted molar refractivity (Wildman–Crippen MR) is 51.1 cm³/mol. The number of rotatable bonds is 3. The van der Waals surface area contributed by atoms with Gasteiger partial charge >= 0.3 is 0 Å². The van der Waals surface area contributed by atoms with Crippen molar-refractivity contribution in [3.05, 3.63) is 9.66 Å². The Kier molecular flexibility index (Phi) is 5.67. The van der Waals surface area contributed by atoms with Gasteiger partial charge in [-0.15, -0.1) is 0 Å². The van der Waals surface area contributed by atoms with Gasteiger partial charge in [0.2, 0.25) is 5.91 Å². The minimum Gasteiger partial charge on any atom is -0.353 e. The van der Waals surface area contributed by atoms with Crippen molar-refractivity contribution in [1.29, 1.82) is 0 Å². The normalized spacial score (nSPS) is 11.3. The van der Waals surface area contributed by atoms with E-state index in [1.54, 1.807) is 6.08 Å². The van der Waals surface area contributed by atoms with E-state index in [1.165, 1.54) is 0 Å². The van der Waals surface area contributed by atoms with Crippen molar-refractivity contribution in [2.24, 2.45) is 0 Å². The highest BCUT2D eigenvalue weighted by Gasteiger charge is 1.92. The van der Waals surface area contributed by atoms with Crippen LogP contribution in [0.4, 0.5) is 0 Å². The van der Waals surface area contributed by atoms with Gasteiger partial charge in [0.05, 0.1) is 0 Å². The van der Waals surface area contributed by atoms with Crippen molar-refractivity contribution in [3.63, 3.8) is 0 Å². The average Bonchev–Trinajstić information content (AvgIpc) is 1.82. The van der Waals surface area contributed by atoms with Crippen LogP contribution in [0.1, 0.15) is 20.3 Å². The molecule has 0 rings (SSSR count). The largest absolute Gasteiger partial charge is 0.353 e. The zero-order chi connectivity index (χ0) is 7.98. The standard InChI is InChI=1S/C7H12INO/c1-3-4-9-7(10)5-6(2)8/h5H,3-4H2,1-2H3,(H,9,10). The van der Waals surface area contributed by atoms with Crippen LogP contribution in [0.15, 0.2) is 9.66 Å². The first-order chi connectivity index (χ1) is 4.66. The maximum Gasteiger partial charge on any atom is 0.244 e. The summed E-state index contributed by atoms with van der Waals surface area (Å²) in [4.78, 5) is 10.8. The molecule has 0 saturated heterocycles. The summed E-state index contributed by atoms with van der Waals surface area (Å²) < 4.78 is 1.01. The SMILES string of the molecule is CCCNC(=O)C=C(C)I. The number of carbonyl (C=O) groups is 1. The summed E-state index contributed by atoms with van der Waals surface area (Å²) in [6.45, 7) is 4.69. The molecule has 10 heavy (non-hydrogen) atoms. The first kappa shape index (κ1) is 9.94. The minimum atomic E-state index is 0.00810. The van der Waals surface area contributed by atoms with Gasteiger partial charge in [-0.25, -0.2) is 0 Å². The lowest BCUT2D eigenvalue weighted by atomic mass is 10.4. The van der Waals surface area contributed by atoms with Gasteiger partial charge in [0.25, 0.3) is 0 Å². The maximum absolute atomic E-state index is 10.8. The smallest absolute Gasteiger partial charge is 0.244 e. The number of hydrogen-bond acceptors (Lipinski definition) is 1. The summed E-state index contributed by atoms with van der Waals surface area (Å²) in [6.07, 6.45) is 2.58. The first-order valence-electron chi connectivity index (χ1n) is 3.28. The van der Waals surface area contributed by atoms with Crippen LogP contribution >= 0.6 is 22.6 Å². The Morgan fingerprint density at radius 1 is 1.70 bits per heavy atom. The Morgan fingerprint density at radius 2 is 2.30 bits per heavy atom. The van der Waals surface area contributed by atoms with E-state index in [9.17, 15) is 4.79 Å². The van der Waals surface area contributed by atoms with Gasteiger partial charge in [-0.2, -0.15) is 0 Å². The van der Waals surface area contributed by atoms with E-state index in [0.29, 0.717) is 0 Å². The lowest BCUT2D eigenvalue weighted by Gasteiger charge is -1.96. The molecule has 0 bridgehead atoms. The van der Waals surface area contributed by atoms with E-state index < -0.39 is 0 Å². The molecule has 0 radical (unpaired) electrons. The van der Waals surface area contributed by atoms with Crippen molar-refractivity contribution < 1.29 is 4.79 Å². The second kappa shape index (κ2) is 5.70. The Bertz CT molecular complexity index is 139. The molecule has 1 amide bonds. The van der Waals surface area contributed by atoms with Gasteiger partial charge in [0, 0.05) is 12.6 Å². The molecule has 0 unspecified atom stereocenters. The number of amides is 1. The number of carbonyl (C=O) groups excluding carboxylic acids is 1. The molecule has 0 saturated carbocycles. The summed E-state index contributed by atoms with van der Waals surface area (Å²) in [7, 11) is 0. The molecule has 0 aliphatic carbocycles. The number of halogens is 1. The van der Waals surface area contributed by atoms with Crippen LogP contribution < -0.4 is 5.32 Å². The third-order valence-electron chi connectivity index (χ3n) is 0.879. The molecule has 2 nitrogen and oxygen atoms in total. The third kappa shape index (κ3) is 6.07. The van der Waals surface area contributed by atoms with Gasteiger partial charge < -0.3 is 5.32 Å². The molecular weight excluding hydrogens is 241 g/mol. The third-order valence-corrected chi connectivity index (χ3v) is 1.19. The van der Waals surface area contributed by atoms with Crippen molar-refractivity contribution in [1.82, 2.24) is 5.32 Å². The van der Waals surface area contributed by atoms with E-state index in [1.807, 2.05) is 13.8 Å². The van der Waals surface area contributed by atoms with E-state index in [2.05, 4.69) is 27.9 Å². The number of hydrogen-bond donors (Lipinski definition) is 1. The fraction of sp³-hybridized carbons (Fsp3) is 0.571. The number of nitrogens with one attached hydrogen (secondary N) is 1. The van der Waals surface area contributed by atoms with Crippen LogP contribution in [0.2, 0.25) is 0 Å². The van der Waals surface area contributed by atoms with Crippen LogP contribution in [-0.2, 0) is 4.79 Å². The summed E-state index contributed by atoms with van der Waals surface area (Å²) in [5.74, 6) is 0.00810. The van der Waals surface area contributed by atoms with Gasteiger partial charge in [0.1, 0.15) is 0 Å². The molecule has 1 N–H and O–H groups in total. The molecule has 0 heterocycles. The Hall–Kier alpha value is -0.0600. The fourth-order valence-electron chi connectivity index (χ4n) is 0.480. The summed E-state index contributed by atoms with van der Waals surface area (Å²) in [5.41, 5.74) is 0. The highest BCUT2D eigenvalue weighted by atomic mass is 127. The highest BCUT2D eigenvalue weighted by molar-refractivity contribution is 14.1. The average molecular weight is 253 g/mol. The molecule has 0 fully saturated rings. The Labute approximate surface area is 75.2 Å². The van der Waals surface area contributed by atoms with Gasteiger partial charge in [0.15, 0.2) is 0 Å². The van der Waals surface area contributed by atoms with Crippen molar-refractivity contribution in [2.75, 3.05) is 6.54 Å². The molecule has 0 aromatic heterocycles. The van der Waals surface area contributed by atoms with E-state index in [4.69, 9.17) is 0 Å². The number of allylic oxidation sites excluding steroid dienone is 1. The van der Waals surface area contributed by atoms with E-state index >= 15 is 0 Å². The predicted octanol–water partition coefficient (Wildman–Crippen LogP) is 1.85. The molecule has 0 spiro atoms. The van der Waals surface area contributed by atoms with Crippen molar-refractivity contribution in [3.8, 4) is 0 Å². The second-order valence-corrected chi connectivity index (χ2v) is 3.72. The van der Waals surface area contributed by atoms with Gasteiger partial charge in [-0.1, -0.05) is 6.92 Å². The van der Waals surface area contributed by atoms with Crippen LogP contribution in [0, 0.1) is 0 Å². The molecule has 0 aliphatic heterocycles. The topological polar surface area (TPSA) is 29.1 Å². The molecule has 58 valence electrons. The van der Waals surface area contributed by atoms with Crippen LogP contribution in [-0.4, -0.2) is 12.5 Å². The van der Waals surface area contributed by atoms with Crippen molar-refractivity contribution >= 4 is 28.5 Å². The Morgan fingerprint density at radius 3 is 2.70 bits per heavy atom. The van der Waals surface area contributed by atoms with Gasteiger partial charge in [-0.05, 0) is 39.5 Å². The summed E-state index contributed by atoms with van der Waals surface area (Å²) in [5, 5.41) is 2.74. The monoisotopic (exact) mass is 253 g/mol. The van der Waals surface area contributed by atoms with Crippen LogP contribution in [0.3, 0.4) is 0 Å². The molecule has 0 atom stereocenters. The lowest BCUT2D eigenvalue weighted by molar-refractivity contribution is -0.116. The fourth-order valence-corrected chi connectivity index (χ4v) is 0.763. The Balaban J connectivity index is 3.54. The quantitative estimate of drug-likeness (QED) is 0.603. The van der Waals surface area contributed by atoms with Crippen molar-refractivity contribution in [2.45, 2.75) is 20.3 Å². The molecule has 0 aromatic rings. The first-order valence-corrected chi connectivity index (χ1v) is 4.36. The highest BCUT2D eigenvalue weighted by Crippen LogP contribution is 2.01. The van der Waals surface area contributed by atoms with E-state index in [-0.39, 0.29) is 5.91 Å². The second-order valence-electron chi connectivity index (χ2n) is 2.02. The lowest BCUT2D eigenvalue weighted by Crippen LogP contribution is -2.21. The van der Waals surface area contributed by atoms with Crippen LogP contribution in [0.25, 0.3) is 0 Å². The summed E-state index contributed by atoms with van der Waals surface area (Å²) >= 11 is 2.11. The van der Waals surface area contributed by atoms with Crippen LogP contribution in [0.5, 0.6) is 0 Å². The minimum absolute atomic E-state index is 0.00810. The molecule has 0 aliphatic rings. The maximum atomic E-state index is 10.8. The summed E-state index contributed by atoms with van der Waals surface area (Å²) in [6, 6.07) is 0. The molecular formula is C7H12INO. The molecule has 3 heteroatoms. The molecule has 0 aromatic carbocycles.